The molecule has 144 valence electrons. The van der Waals surface area contributed by atoms with E-state index in [0.717, 1.165) is 17.1 Å². The smallest absolute Gasteiger partial charge is 0.244 e. The molecule has 1 amide bonds. The second kappa shape index (κ2) is 7.07. The number of benzene rings is 1. The van der Waals surface area contributed by atoms with Crippen LogP contribution in [0, 0.1) is 6.92 Å². The van der Waals surface area contributed by atoms with Crippen molar-refractivity contribution in [1.82, 2.24) is 20.1 Å². The lowest BCUT2D eigenvalue weighted by atomic mass is 10.0. The normalized spacial score (nSPS) is 17.5. The van der Waals surface area contributed by atoms with Gasteiger partial charge in [-0.2, -0.15) is 0 Å². The molecule has 0 radical (unpaired) electrons. The Morgan fingerprint density at radius 3 is 2.52 bits per heavy atom. The van der Waals surface area contributed by atoms with Gasteiger partial charge >= 0.3 is 0 Å². The number of amides is 1. The average molecular weight is 373 g/mol. The molecule has 9 nitrogen and oxygen atoms in total. The lowest BCUT2D eigenvalue weighted by molar-refractivity contribution is -0.136. The van der Waals surface area contributed by atoms with Crippen LogP contribution in [0.5, 0.6) is 11.5 Å². The van der Waals surface area contributed by atoms with Crippen molar-refractivity contribution in [3.8, 4) is 11.5 Å². The summed E-state index contributed by atoms with van der Waals surface area (Å²) in [4.78, 5) is 19.2. The number of hydrogen-bond donors (Lipinski definition) is 0. The van der Waals surface area contributed by atoms with E-state index in [1.54, 1.807) is 0 Å². The summed E-state index contributed by atoms with van der Waals surface area (Å²) in [5.74, 6) is 2.23. The van der Waals surface area contributed by atoms with Crippen molar-refractivity contribution in [3.63, 3.8) is 0 Å². The van der Waals surface area contributed by atoms with Gasteiger partial charge in [0.2, 0.25) is 12.7 Å². The van der Waals surface area contributed by atoms with Crippen molar-refractivity contribution in [2.45, 2.75) is 13.0 Å². The van der Waals surface area contributed by atoms with Crippen molar-refractivity contribution in [2.24, 2.45) is 0 Å². The summed E-state index contributed by atoms with van der Waals surface area (Å²) in [6.07, 6.45) is 0. The summed E-state index contributed by atoms with van der Waals surface area (Å²) in [5.41, 5.74) is 1.66. The number of aryl methyl sites for hydroxylation is 1. The van der Waals surface area contributed by atoms with E-state index in [0.29, 0.717) is 37.7 Å². The maximum Gasteiger partial charge on any atom is 0.244 e. The first-order valence-corrected chi connectivity index (χ1v) is 8.93. The number of piperazine rings is 1. The Labute approximate surface area is 157 Å². The summed E-state index contributed by atoms with van der Waals surface area (Å²) < 4.78 is 15.6. The number of likely N-dealkylation sites (N-methyl/N-ethyl adjacent to an activating group) is 1. The number of anilines is 1. The van der Waals surface area contributed by atoms with Crippen molar-refractivity contribution in [3.05, 3.63) is 29.5 Å². The van der Waals surface area contributed by atoms with E-state index in [-0.39, 0.29) is 18.7 Å². The zero-order valence-corrected chi connectivity index (χ0v) is 15.7. The highest BCUT2D eigenvalue weighted by molar-refractivity contribution is 5.84. The van der Waals surface area contributed by atoms with Crippen LogP contribution in [0.1, 0.15) is 17.3 Å². The zero-order valence-electron chi connectivity index (χ0n) is 15.7. The summed E-state index contributed by atoms with van der Waals surface area (Å²) in [6.45, 7) is 4.73. The summed E-state index contributed by atoms with van der Waals surface area (Å²) >= 11 is 0. The molecule has 2 aliphatic rings. The molecule has 0 bridgehead atoms. The van der Waals surface area contributed by atoms with Crippen LogP contribution in [0.15, 0.2) is 22.8 Å². The fourth-order valence-corrected chi connectivity index (χ4v) is 3.57. The third kappa shape index (κ3) is 3.30. The molecule has 1 aromatic heterocycles. The van der Waals surface area contributed by atoms with Crippen LogP contribution in [0.2, 0.25) is 0 Å². The van der Waals surface area contributed by atoms with Crippen LogP contribution in [0.3, 0.4) is 0 Å². The fraction of sp³-hybridized carbons (Fsp3) is 0.500. The monoisotopic (exact) mass is 373 g/mol. The van der Waals surface area contributed by atoms with E-state index >= 15 is 0 Å². The van der Waals surface area contributed by atoms with Gasteiger partial charge in [-0.3, -0.25) is 9.69 Å². The number of aromatic nitrogens is 2. The maximum atomic E-state index is 13.2. The molecule has 0 aliphatic carbocycles. The number of nitrogens with zero attached hydrogens (tertiary/aromatic N) is 5. The Balaban J connectivity index is 1.48. The molecule has 0 N–H and O–H groups in total. The third-order valence-corrected chi connectivity index (χ3v) is 4.98. The molecule has 9 heteroatoms. The van der Waals surface area contributed by atoms with E-state index in [4.69, 9.17) is 14.1 Å². The summed E-state index contributed by atoms with van der Waals surface area (Å²) in [7, 11) is 3.82. The predicted octanol–water partition coefficient (Wildman–Crippen LogP) is 1.06. The molecule has 1 fully saturated rings. The van der Waals surface area contributed by atoms with Gasteiger partial charge in [0.25, 0.3) is 0 Å². The number of ether oxygens (including phenoxy) is 2. The van der Waals surface area contributed by atoms with Gasteiger partial charge in [0, 0.05) is 26.2 Å². The molecular weight excluding hydrogens is 350 g/mol. The number of fused-ring (bicyclic) bond motifs is 1. The van der Waals surface area contributed by atoms with Crippen LogP contribution < -0.4 is 14.4 Å². The van der Waals surface area contributed by atoms with Gasteiger partial charge in [-0.25, -0.2) is 4.63 Å². The maximum absolute atomic E-state index is 13.2. The first-order valence-electron chi connectivity index (χ1n) is 8.93. The zero-order chi connectivity index (χ0) is 19.0. The minimum Gasteiger partial charge on any atom is -0.454 e. The van der Waals surface area contributed by atoms with E-state index in [1.807, 2.05) is 49.0 Å². The van der Waals surface area contributed by atoms with Crippen molar-refractivity contribution in [2.75, 3.05) is 52.0 Å². The van der Waals surface area contributed by atoms with E-state index in [9.17, 15) is 4.79 Å². The van der Waals surface area contributed by atoms with Gasteiger partial charge in [-0.05, 0) is 43.9 Å². The van der Waals surface area contributed by atoms with Gasteiger partial charge in [0.05, 0.1) is 0 Å². The molecule has 2 aliphatic heterocycles. The minimum atomic E-state index is -0.374. The second-order valence-electron chi connectivity index (χ2n) is 6.96. The fourth-order valence-electron chi connectivity index (χ4n) is 3.57. The van der Waals surface area contributed by atoms with Gasteiger partial charge < -0.3 is 19.3 Å². The highest BCUT2D eigenvalue weighted by Gasteiger charge is 2.32. The molecular formula is C18H23N5O4. The van der Waals surface area contributed by atoms with Gasteiger partial charge in [0.15, 0.2) is 17.3 Å². The average Bonchev–Trinajstić information content (AvgIpc) is 3.30. The van der Waals surface area contributed by atoms with Crippen LogP contribution in [0.4, 0.5) is 5.82 Å². The van der Waals surface area contributed by atoms with Gasteiger partial charge in [-0.1, -0.05) is 11.2 Å². The van der Waals surface area contributed by atoms with Gasteiger partial charge in [0.1, 0.15) is 11.7 Å². The Hall–Kier alpha value is -2.81. The number of carbonyl (C=O) groups excluding carboxylic acids is 1. The molecule has 1 saturated heterocycles. The Morgan fingerprint density at radius 2 is 1.85 bits per heavy atom. The SMILES string of the molecule is Cc1nonc1N1CCN(C(=O)[C@@H](c2ccc3c(c2)OCO3)N(C)C)CC1. The van der Waals surface area contributed by atoms with Crippen LogP contribution >= 0.6 is 0 Å². The Bertz CT molecular complexity index is 829. The number of hydrogen-bond acceptors (Lipinski definition) is 8. The molecule has 1 aromatic carbocycles. The third-order valence-electron chi connectivity index (χ3n) is 4.98. The first kappa shape index (κ1) is 17.6. The Kier molecular flexibility index (Phi) is 4.61. The van der Waals surface area contributed by atoms with Crippen LogP contribution in [-0.2, 0) is 4.79 Å². The van der Waals surface area contributed by atoms with Crippen molar-refractivity contribution >= 4 is 11.7 Å². The topological polar surface area (TPSA) is 84.2 Å². The van der Waals surface area contributed by atoms with Gasteiger partial charge in [-0.15, -0.1) is 0 Å². The largest absolute Gasteiger partial charge is 0.454 e. The number of rotatable bonds is 4. The van der Waals surface area contributed by atoms with E-state index in [1.165, 1.54) is 0 Å². The standard InChI is InChI=1S/C18H23N5O4/c1-12-17(20-27-19-12)22-6-8-23(9-7-22)18(24)16(21(2)3)13-4-5-14-15(10-13)26-11-25-14/h4-5,10,16H,6-9,11H2,1-3H3/t16-/m1/s1. The highest BCUT2D eigenvalue weighted by atomic mass is 16.7. The molecule has 1 atom stereocenters. The van der Waals surface area contributed by atoms with Crippen molar-refractivity contribution in [1.29, 1.82) is 0 Å². The molecule has 4 rings (SSSR count). The molecule has 0 saturated carbocycles. The summed E-state index contributed by atoms with van der Waals surface area (Å²) in [5, 5.41) is 7.78. The van der Waals surface area contributed by atoms with Crippen molar-refractivity contribution < 1.29 is 18.9 Å². The molecule has 27 heavy (non-hydrogen) atoms. The van der Waals surface area contributed by atoms with Crippen LogP contribution in [-0.4, -0.2) is 73.1 Å². The quantitative estimate of drug-likeness (QED) is 0.787. The lowest BCUT2D eigenvalue weighted by Crippen LogP contribution is -2.51. The first-order chi connectivity index (χ1) is 13.0. The summed E-state index contributed by atoms with van der Waals surface area (Å²) in [6, 6.07) is 5.31. The molecule has 0 unspecified atom stereocenters. The van der Waals surface area contributed by atoms with Crippen LogP contribution in [0.25, 0.3) is 0 Å². The number of carbonyl (C=O) groups is 1. The van der Waals surface area contributed by atoms with E-state index < -0.39 is 0 Å². The molecule has 0 spiro atoms. The lowest BCUT2D eigenvalue weighted by Gasteiger charge is -2.37. The predicted molar refractivity (Wildman–Crippen MR) is 96.8 cm³/mol. The molecule has 3 heterocycles. The van der Waals surface area contributed by atoms with E-state index in [2.05, 4.69) is 15.2 Å². The molecule has 2 aromatic rings. The Morgan fingerprint density at radius 1 is 1.11 bits per heavy atom. The minimum absolute atomic E-state index is 0.0773. The second-order valence-corrected chi connectivity index (χ2v) is 6.96. The highest BCUT2D eigenvalue weighted by Crippen LogP contribution is 2.35.